The van der Waals surface area contributed by atoms with Crippen molar-refractivity contribution >= 4 is 28.8 Å². The highest BCUT2D eigenvalue weighted by Crippen LogP contribution is 2.27. The molecule has 134 valence electrons. The van der Waals surface area contributed by atoms with E-state index < -0.39 is 0 Å². The predicted molar refractivity (Wildman–Crippen MR) is 106 cm³/mol. The van der Waals surface area contributed by atoms with Gasteiger partial charge in [-0.3, -0.25) is 4.79 Å². The zero-order valence-electron chi connectivity index (χ0n) is 14.6. The van der Waals surface area contributed by atoms with E-state index in [1.165, 1.54) is 0 Å². The molecule has 1 aliphatic rings. The summed E-state index contributed by atoms with van der Waals surface area (Å²) in [7, 11) is 0. The minimum Gasteiger partial charge on any atom is -0.337 e. The second-order valence-corrected chi connectivity index (χ2v) is 8.14. The van der Waals surface area contributed by atoms with Crippen LogP contribution in [0.25, 0.3) is 16.3 Å². The molecule has 26 heavy (non-hydrogen) atoms. The number of halogens is 1. The molecule has 0 unspecified atom stereocenters. The van der Waals surface area contributed by atoms with Gasteiger partial charge in [0.05, 0.1) is 10.6 Å². The number of carbonyl (C=O) groups excluding carboxylic acids is 1. The van der Waals surface area contributed by atoms with Gasteiger partial charge in [-0.25, -0.2) is 4.68 Å². The maximum atomic E-state index is 13.2. The third kappa shape index (κ3) is 3.41. The molecule has 1 amide bonds. The van der Waals surface area contributed by atoms with Gasteiger partial charge < -0.3 is 4.90 Å². The van der Waals surface area contributed by atoms with Crippen molar-refractivity contribution in [2.24, 2.45) is 5.92 Å². The Kier molecular flexibility index (Phi) is 4.83. The number of nitrogens with zero attached hydrogens (tertiary/aromatic N) is 3. The molecule has 3 aromatic rings. The van der Waals surface area contributed by atoms with E-state index in [4.69, 9.17) is 16.7 Å². The molecule has 2 aromatic heterocycles. The van der Waals surface area contributed by atoms with Crippen molar-refractivity contribution in [3.05, 3.63) is 58.6 Å². The summed E-state index contributed by atoms with van der Waals surface area (Å²) in [6.45, 7) is 3.86. The largest absolute Gasteiger partial charge is 0.337 e. The molecule has 6 heteroatoms. The lowest BCUT2D eigenvalue weighted by molar-refractivity contribution is 0.0688. The Bertz CT molecular complexity index is 894. The molecule has 3 heterocycles. The van der Waals surface area contributed by atoms with E-state index in [2.05, 4.69) is 6.92 Å². The number of aromatic nitrogens is 2. The second kappa shape index (κ2) is 7.25. The van der Waals surface area contributed by atoms with E-state index in [1.807, 2.05) is 52.7 Å². The van der Waals surface area contributed by atoms with Crippen LogP contribution in [0.2, 0.25) is 5.02 Å². The van der Waals surface area contributed by atoms with Gasteiger partial charge in [0, 0.05) is 18.1 Å². The number of hydrogen-bond donors (Lipinski definition) is 0. The first kappa shape index (κ1) is 17.3. The van der Waals surface area contributed by atoms with Crippen LogP contribution in [-0.4, -0.2) is 33.7 Å². The molecule has 0 spiro atoms. The van der Waals surface area contributed by atoms with Crippen LogP contribution in [0, 0.1) is 5.92 Å². The third-order valence-electron chi connectivity index (χ3n) is 4.84. The molecule has 0 N–H and O–H groups in total. The van der Waals surface area contributed by atoms with E-state index in [-0.39, 0.29) is 5.91 Å². The van der Waals surface area contributed by atoms with Gasteiger partial charge in [-0.05, 0) is 60.5 Å². The fourth-order valence-electron chi connectivity index (χ4n) is 3.23. The zero-order chi connectivity index (χ0) is 18.1. The second-order valence-electron chi connectivity index (χ2n) is 6.76. The molecule has 0 bridgehead atoms. The van der Waals surface area contributed by atoms with Crippen LogP contribution in [0.3, 0.4) is 0 Å². The summed E-state index contributed by atoms with van der Waals surface area (Å²) >= 11 is 7.64. The van der Waals surface area contributed by atoms with Crippen LogP contribution in [-0.2, 0) is 0 Å². The summed E-state index contributed by atoms with van der Waals surface area (Å²) in [5, 5.41) is 7.40. The molecule has 1 aliphatic heterocycles. The van der Waals surface area contributed by atoms with Gasteiger partial charge in [0.25, 0.3) is 5.91 Å². The fraction of sp³-hybridized carbons (Fsp3) is 0.300. The van der Waals surface area contributed by atoms with E-state index in [9.17, 15) is 4.79 Å². The van der Waals surface area contributed by atoms with Gasteiger partial charge in [0.1, 0.15) is 11.4 Å². The van der Waals surface area contributed by atoms with Crippen molar-refractivity contribution < 1.29 is 4.79 Å². The van der Waals surface area contributed by atoms with E-state index in [0.29, 0.717) is 16.6 Å². The maximum Gasteiger partial charge on any atom is 0.272 e. The molecule has 0 saturated carbocycles. The number of hydrogen-bond acceptors (Lipinski definition) is 3. The summed E-state index contributed by atoms with van der Waals surface area (Å²) in [6.07, 6.45) is 2.11. The van der Waals surface area contributed by atoms with Crippen LogP contribution in [0.4, 0.5) is 0 Å². The minimum absolute atomic E-state index is 0.0437. The highest BCUT2D eigenvalue weighted by molar-refractivity contribution is 7.13. The molecular weight excluding hydrogens is 366 g/mol. The summed E-state index contributed by atoms with van der Waals surface area (Å²) in [4.78, 5) is 16.2. The number of amides is 1. The lowest BCUT2D eigenvalue weighted by Gasteiger charge is -2.30. The van der Waals surface area contributed by atoms with Crippen molar-refractivity contribution in [2.75, 3.05) is 13.1 Å². The molecule has 4 rings (SSSR count). The Morgan fingerprint density at radius 1 is 1.19 bits per heavy atom. The van der Waals surface area contributed by atoms with Crippen molar-refractivity contribution in [1.29, 1.82) is 0 Å². The minimum atomic E-state index is 0.0437. The van der Waals surface area contributed by atoms with Crippen LogP contribution >= 0.6 is 22.9 Å². The summed E-state index contributed by atoms with van der Waals surface area (Å²) in [5.74, 6) is 0.726. The molecule has 0 aliphatic carbocycles. The first-order valence-corrected chi connectivity index (χ1v) is 10.1. The van der Waals surface area contributed by atoms with Crippen molar-refractivity contribution in [2.45, 2.75) is 19.8 Å². The average Bonchev–Trinajstić information content (AvgIpc) is 3.32. The number of likely N-dealkylation sites (tertiary alicyclic amines) is 1. The van der Waals surface area contributed by atoms with Crippen molar-refractivity contribution in [1.82, 2.24) is 14.7 Å². The van der Waals surface area contributed by atoms with Gasteiger partial charge >= 0.3 is 0 Å². The smallest absolute Gasteiger partial charge is 0.272 e. The predicted octanol–water partition coefficient (Wildman–Crippen LogP) is 5.13. The summed E-state index contributed by atoms with van der Waals surface area (Å²) in [5.41, 5.74) is 2.26. The van der Waals surface area contributed by atoms with E-state index in [1.54, 1.807) is 16.0 Å². The number of rotatable bonds is 3. The Morgan fingerprint density at radius 3 is 2.58 bits per heavy atom. The molecule has 0 atom stereocenters. The first-order valence-electron chi connectivity index (χ1n) is 8.81. The molecule has 1 aromatic carbocycles. The number of thiophene rings is 1. The van der Waals surface area contributed by atoms with Crippen molar-refractivity contribution in [3.63, 3.8) is 0 Å². The maximum absolute atomic E-state index is 13.2. The lowest BCUT2D eigenvalue weighted by Crippen LogP contribution is -2.38. The van der Waals surface area contributed by atoms with Crippen molar-refractivity contribution in [3.8, 4) is 16.3 Å². The Balaban J connectivity index is 1.74. The number of carbonyl (C=O) groups is 1. The van der Waals surface area contributed by atoms with Crippen LogP contribution in [0.1, 0.15) is 30.3 Å². The topological polar surface area (TPSA) is 38.1 Å². The zero-order valence-corrected chi connectivity index (χ0v) is 16.1. The monoisotopic (exact) mass is 385 g/mol. The Labute approximate surface area is 162 Å². The number of benzene rings is 1. The standard InChI is InChI=1S/C20H20ClN3OS/c1-14-8-10-23(11-9-14)20(25)18-13-17(19-3-2-12-26-19)22-24(18)16-6-4-15(21)5-7-16/h2-7,12-14H,8-11H2,1H3. The van der Waals surface area contributed by atoms with Gasteiger partial charge in [-0.1, -0.05) is 24.6 Å². The molecule has 1 fully saturated rings. The third-order valence-corrected chi connectivity index (χ3v) is 5.99. The fourth-order valence-corrected chi connectivity index (χ4v) is 4.04. The van der Waals surface area contributed by atoms with Gasteiger partial charge in [-0.2, -0.15) is 5.10 Å². The van der Waals surface area contributed by atoms with Gasteiger partial charge in [0.2, 0.25) is 0 Å². The normalized spacial score (nSPS) is 15.4. The van der Waals surface area contributed by atoms with Crippen LogP contribution in [0.15, 0.2) is 47.8 Å². The van der Waals surface area contributed by atoms with Gasteiger partial charge in [-0.15, -0.1) is 11.3 Å². The quantitative estimate of drug-likeness (QED) is 0.627. The first-order chi connectivity index (χ1) is 12.6. The molecule has 0 radical (unpaired) electrons. The Hall–Kier alpha value is -2.11. The average molecular weight is 386 g/mol. The summed E-state index contributed by atoms with van der Waals surface area (Å²) in [6, 6.07) is 13.3. The van der Waals surface area contributed by atoms with Gasteiger partial charge in [0.15, 0.2) is 0 Å². The van der Waals surface area contributed by atoms with E-state index in [0.717, 1.165) is 42.2 Å². The lowest BCUT2D eigenvalue weighted by atomic mass is 9.99. The Morgan fingerprint density at radius 2 is 1.92 bits per heavy atom. The molecular formula is C20H20ClN3OS. The van der Waals surface area contributed by atoms with E-state index >= 15 is 0 Å². The number of piperidine rings is 1. The SMILES string of the molecule is CC1CCN(C(=O)c2cc(-c3cccs3)nn2-c2ccc(Cl)cc2)CC1. The van der Waals surface area contributed by atoms with Crippen LogP contribution in [0.5, 0.6) is 0 Å². The highest BCUT2D eigenvalue weighted by atomic mass is 35.5. The highest BCUT2D eigenvalue weighted by Gasteiger charge is 2.26. The van der Waals surface area contributed by atoms with Crippen LogP contribution < -0.4 is 0 Å². The molecule has 1 saturated heterocycles. The summed E-state index contributed by atoms with van der Waals surface area (Å²) < 4.78 is 1.74. The molecule has 4 nitrogen and oxygen atoms in total.